The third-order valence-electron chi connectivity index (χ3n) is 2.02. The lowest BCUT2D eigenvalue weighted by atomic mass is 10.2. The van der Waals surface area contributed by atoms with Gasteiger partial charge in [-0.25, -0.2) is 4.39 Å². The van der Waals surface area contributed by atoms with Crippen LogP contribution in [0.25, 0.3) is 0 Å². The minimum atomic E-state index is -0.188. The van der Waals surface area contributed by atoms with Crippen molar-refractivity contribution >= 4 is 33.0 Å². The monoisotopic (exact) mass is 285 g/mol. The highest BCUT2D eigenvalue weighted by Crippen LogP contribution is 2.17. The maximum Gasteiger partial charge on any atom is 0.129 e. The summed E-state index contributed by atoms with van der Waals surface area (Å²) in [7, 11) is 0. The summed E-state index contributed by atoms with van der Waals surface area (Å²) in [4.78, 5) is 0. The molecule has 78 valence electrons. The summed E-state index contributed by atoms with van der Waals surface area (Å²) in [5.41, 5.74) is 1.70. The zero-order valence-corrected chi connectivity index (χ0v) is 10.2. The molecule has 2 rings (SSSR count). The fourth-order valence-corrected chi connectivity index (χ4v) is 2.17. The van der Waals surface area contributed by atoms with Crippen LogP contribution in [0.3, 0.4) is 0 Å². The van der Waals surface area contributed by atoms with Gasteiger partial charge in [-0.05, 0) is 23.6 Å². The van der Waals surface area contributed by atoms with Gasteiger partial charge in [-0.2, -0.15) is 11.3 Å². The van der Waals surface area contributed by atoms with E-state index in [1.165, 1.54) is 6.07 Å². The molecule has 1 nitrogen and oxygen atoms in total. The van der Waals surface area contributed by atoms with Crippen molar-refractivity contribution in [3.63, 3.8) is 0 Å². The van der Waals surface area contributed by atoms with Gasteiger partial charge < -0.3 is 5.32 Å². The minimum absolute atomic E-state index is 0.188. The Bertz CT molecular complexity index is 442. The maximum absolute atomic E-state index is 13.4. The normalized spacial score (nSPS) is 10.3. The van der Waals surface area contributed by atoms with Crippen LogP contribution in [0.15, 0.2) is 39.5 Å². The maximum atomic E-state index is 13.4. The van der Waals surface area contributed by atoms with Crippen LogP contribution in [0, 0.1) is 5.82 Å². The molecule has 0 radical (unpaired) electrons. The number of hydrogen-bond acceptors (Lipinski definition) is 2. The van der Waals surface area contributed by atoms with Gasteiger partial charge in [-0.15, -0.1) is 0 Å². The van der Waals surface area contributed by atoms with E-state index in [1.54, 1.807) is 17.4 Å². The Morgan fingerprint density at radius 1 is 1.33 bits per heavy atom. The summed E-state index contributed by atoms with van der Waals surface area (Å²) in [5.74, 6) is -0.188. The van der Waals surface area contributed by atoms with Gasteiger partial charge in [-0.3, -0.25) is 0 Å². The largest absolute Gasteiger partial charge is 0.380 e. The molecule has 1 aromatic carbocycles. The van der Waals surface area contributed by atoms with Crippen molar-refractivity contribution in [3.05, 3.63) is 50.9 Å². The van der Waals surface area contributed by atoms with Gasteiger partial charge in [0, 0.05) is 27.6 Å². The lowest BCUT2D eigenvalue weighted by Crippen LogP contribution is -2.00. The third kappa shape index (κ3) is 2.79. The highest BCUT2D eigenvalue weighted by molar-refractivity contribution is 9.10. The molecule has 1 N–H and O–H groups in total. The first-order valence-electron chi connectivity index (χ1n) is 4.46. The second-order valence-electron chi connectivity index (χ2n) is 3.10. The molecule has 0 aliphatic rings. The van der Waals surface area contributed by atoms with Crippen molar-refractivity contribution in [1.82, 2.24) is 0 Å². The van der Waals surface area contributed by atoms with Crippen LogP contribution in [0.1, 0.15) is 5.56 Å². The van der Waals surface area contributed by atoms with E-state index in [0.29, 0.717) is 12.1 Å². The van der Waals surface area contributed by atoms with Crippen molar-refractivity contribution in [3.8, 4) is 0 Å². The Morgan fingerprint density at radius 2 is 2.20 bits per heavy atom. The van der Waals surface area contributed by atoms with E-state index in [2.05, 4.69) is 21.2 Å². The van der Waals surface area contributed by atoms with Crippen molar-refractivity contribution in [1.29, 1.82) is 0 Å². The van der Waals surface area contributed by atoms with E-state index >= 15 is 0 Å². The number of rotatable bonds is 3. The fourth-order valence-electron chi connectivity index (χ4n) is 1.23. The molecule has 2 aromatic rings. The quantitative estimate of drug-likeness (QED) is 0.888. The van der Waals surface area contributed by atoms with E-state index in [9.17, 15) is 4.39 Å². The molecule has 0 atom stereocenters. The molecule has 15 heavy (non-hydrogen) atoms. The number of halogens is 2. The lowest BCUT2D eigenvalue weighted by molar-refractivity contribution is 0.612. The molecule has 0 aliphatic carbocycles. The summed E-state index contributed by atoms with van der Waals surface area (Å²) in [6.07, 6.45) is 0. The van der Waals surface area contributed by atoms with E-state index in [4.69, 9.17) is 0 Å². The molecule has 0 unspecified atom stereocenters. The molecule has 0 bridgehead atoms. The Kier molecular flexibility index (Phi) is 3.38. The number of hydrogen-bond donors (Lipinski definition) is 1. The number of benzene rings is 1. The summed E-state index contributed by atoms with van der Waals surface area (Å²) in [5, 5.41) is 7.14. The highest BCUT2D eigenvalue weighted by Gasteiger charge is 2.02. The molecule has 4 heteroatoms. The summed E-state index contributed by atoms with van der Waals surface area (Å²) >= 11 is 4.84. The van der Waals surface area contributed by atoms with Gasteiger partial charge in [0.1, 0.15) is 5.82 Å². The number of thiophene rings is 1. The van der Waals surface area contributed by atoms with E-state index in [0.717, 1.165) is 10.2 Å². The van der Waals surface area contributed by atoms with Gasteiger partial charge >= 0.3 is 0 Å². The average molecular weight is 286 g/mol. The first-order chi connectivity index (χ1) is 7.25. The van der Waals surface area contributed by atoms with Crippen LogP contribution in [0.5, 0.6) is 0 Å². The van der Waals surface area contributed by atoms with Crippen LogP contribution in [-0.4, -0.2) is 0 Å². The van der Waals surface area contributed by atoms with Gasteiger partial charge in [0.25, 0.3) is 0 Å². The molecule has 1 heterocycles. The molecule has 0 saturated heterocycles. The van der Waals surface area contributed by atoms with Gasteiger partial charge in [0.15, 0.2) is 0 Å². The van der Waals surface area contributed by atoms with Crippen molar-refractivity contribution in [2.24, 2.45) is 0 Å². The van der Waals surface area contributed by atoms with Crippen LogP contribution < -0.4 is 5.32 Å². The first-order valence-corrected chi connectivity index (χ1v) is 6.19. The molecule has 0 aliphatic heterocycles. The van der Waals surface area contributed by atoms with Crippen LogP contribution in [0.4, 0.5) is 10.1 Å². The molecule has 0 amide bonds. The topological polar surface area (TPSA) is 12.0 Å². The minimum Gasteiger partial charge on any atom is -0.380 e. The molecule has 0 saturated carbocycles. The van der Waals surface area contributed by atoms with E-state index < -0.39 is 0 Å². The second kappa shape index (κ2) is 4.77. The van der Waals surface area contributed by atoms with E-state index in [-0.39, 0.29) is 5.82 Å². The van der Waals surface area contributed by atoms with Gasteiger partial charge in [0.05, 0.1) is 0 Å². The highest BCUT2D eigenvalue weighted by atomic mass is 79.9. The summed E-state index contributed by atoms with van der Waals surface area (Å²) < 4.78 is 14.2. The molecular formula is C11H9BrFNS. The SMILES string of the molecule is Fc1cc(Br)ccc1CNc1ccsc1. The Hall–Kier alpha value is -0.870. The Balaban J connectivity index is 2.05. The van der Waals surface area contributed by atoms with Crippen molar-refractivity contribution < 1.29 is 4.39 Å². The smallest absolute Gasteiger partial charge is 0.129 e. The van der Waals surface area contributed by atoms with Crippen LogP contribution in [0.2, 0.25) is 0 Å². The third-order valence-corrected chi connectivity index (χ3v) is 3.20. The lowest BCUT2D eigenvalue weighted by Gasteiger charge is -2.05. The molecule has 0 fully saturated rings. The fraction of sp³-hybridized carbons (Fsp3) is 0.0909. The van der Waals surface area contributed by atoms with Gasteiger partial charge in [-0.1, -0.05) is 22.0 Å². The predicted octanol–water partition coefficient (Wildman–Crippen LogP) is 4.26. The Labute approximate surface area is 100 Å². The van der Waals surface area contributed by atoms with Crippen molar-refractivity contribution in [2.45, 2.75) is 6.54 Å². The first kappa shape index (κ1) is 10.6. The standard InChI is InChI=1S/C11H9BrFNS/c12-9-2-1-8(11(13)5-9)6-14-10-3-4-15-7-10/h1-5,7,14H,6H2. The summed E-state index contributed by atoms with van der Waals surface area (Å²) in [6.45, 7) is 0.510. The zero-order chi connectivity index (χ0) is 10.7. The van der Waals surface area contributed by atoms with Gasteiger partial charge in [0.2, 0.25) is 0 Å². The molecule has 1 aromatic heterocycles. The summed E-state index contributed by atoms with van der Waals surface area (Å²) in [6, 6.07) is 7.07. The Morgan fingerprint density at radius 3 is 2.87 bits per heavy atom. The van der Waals surface area contributed by atoms with Crippen LogP contribution >= 0.6 is 27.3 Å². The number of anilines is 1. The second-order valence-corrected chi connectivity index (χ2v) is 4.80. The number of nitrogens with one attached hydrogen (secondary N) is 1. The zero-order valence-electron chi connectivity index (χ0n) is 7.84. The van der Waals surface area contributed by atoms with Crippen molar-refractivity contribution in [2.75, 3.05) is 5.32 Å². The van der Waals surface area contributed by atoms with E-state index in [1.807, 2.05) is 22.9 Å². The molecular weight excluding hydrogens is 277 g/mol. The average Bonchev–Trinajstić information content (AvgIpc) is 2.69. The van der Waals surface area contributed by atoms with Crippen LogP contribution in [-0.2, 0) is 6.54 Å². The molecule has 0 spiro atoms. The predicted molar refractivity (Wildman–Crippen MR) is 65.7 cm³/mol.